The molecule has 2 saturated heterocycles. The van der Waals surface area contributed by atoms with Crippen molar-refractivity contribution in [1.82, 2.24) is 20.0 Å². The number of hydrogen-bond acceptors (Lipinski definition) is 6. The predicted octanol–water partition coefficient (Wildman–Crippen LogP) is 0.991. The number of hydrogen-bond donors (Lipinski definition) is 1. The van der Waals surface area contributed by atoms with Gasteiger partial charge in [-0.15, -0.1) is 0 Å². The van der Waals surface area contributed by atoms with Gasteiger partial charge in [-0.05, 0) is 31.4 Å². The number of likely N-dealkylation sites (tertiary alicyclic amines) is 1. The molecule has 9 heteroatoms. The van der Waals surface area contributed by atoms with Gasteiger partial charge in [0.2, 0.25) is 17.7 Å². The Kier molecular flexibility index (Phi) is 10.6. The molecule has 0 bridgehead atoms. The second kappa shape index (κ2) is 13.9. The number of benzene rings is 1. The molecule has 2 fully saturated rings. The summed E-state index contributed by atoms with van der Waals surface area (Å²) in [6.45, 7) is 5.70. The number of ether oxygens (including phenoxy) is 2. The Balaban J connectivity index is 1.36. The maximum absolute atomic E-state index is 13.1. The first-order valence-electron chi connectivity index (χ1n) is 12.3. The number of piperazine rings is 1. The van der Waals surface area contributed by atoms with Crippen LogP contribution in [0.2, 0.25) is 0 Å². The number of nitrogens with zero attached hydrogens (tertiary/aromatic N) is 3. The minimum absolute atomic E-state index is 0.00792. The Hall–Kier alpha value is -2.65. The van der Waals surface area contributed by atoms with Gasteiger partial charge in [-0.2, -0.15) is 0 Å². The Morgan fingerprint density at radius 1 is 1.00 bits per heavy atom. The maximum atomic E-state index is 13.1. The van der Waals surface area contributed by atoms with E-state index in [-0.39, 0.29) is 23.6 Å². The lowest BCUT2D eigenvalue weighted by Crippen LogP contribution is -2.54. The lowest BCUT2D eigenvalue weighted by atomic mass is 9.96. The number of rotatable bonds is 11. The lowest BCUT2D eigenvalue weighted by molar-refractivity contribution is -0.142. The molecule has 3 rings (SSSR count). The molecule has 1 unspecified atom stereocenters. The fourth-order valence-electron chi connectivity index (χ4n) is 4.42. The molecular formula is C25H38N4O5. The first kappa shape index (κ1) is 26.0. The van der Waals surface area contributed by atoms with E-state index in [2.05, 4.69) is 10.2 Å². The van der Waals surface area contributed by atoms with Crippen molar-refractivity contribution in [3.63, 3.8) is 0 Å². The number of nitrogens with one attached hydrogen (secondary N) is 1. The topological polar surface area (TPSA) is 91.4 Å². The van der Waals surface area contributed by atoms with Gasteiger partial charge in [0.05, 0.1) is 25.5 Å². The Morgan fingerprint density at radius 3 is 2.50 bits per heavy atom. The fraction of sp³-hybridized carbons (Fsp3) is 0.640. The molecule has 1 N–H and O–H groups in total. The molecule has 3 amide bonds. The minimum atomic E-state index is -0.150. The summed E-state index contributed by atoms with van der Waals surface area (Å²) in [5, 5.41) is 2.90. The van der Waals surface area contributed by atoms with Crippen molar-refractivity contribution in [2.24, 2.45) is 5.92 Å². The van der Waals surface area contributed by atoms with Gasteiger partial charge < -0.3 is 24.6 Å². The Labute approximate surface area is 202 Å². The molecule has 1 aromatic carbocycles. The number of para-hydroxylation sites is 1. The molecule has 0 spiro atoms. The van der Waals surface area contributed by atoms with Crippen LogP contribution < -0.4 is 10.1 Å². The van der Waals surface area contributed by atoms with E-state index < -0.39 is 0 Å². The summed E-state index contributed by atoms with van der Waals surface area (Å²) in [5.74, 6) is 0.776. The number of carbonyl (C=O) groups is 3. The van der Waals surface area contributed by atoms with Crippen LogP contribution in [0.4, 0.5) is 0 Å². The summed E-state index contributed by atoms with van der Waals surface area (Å²) in [6.07, 6.45) is 2.76. The first-order valence-corrected chi connectivity index (χ1v) is 12.3. The number of methoxy groups -OCH3 is 1. The third-order valence-electron chi connectivity index (χ3n) is 6.35. The van der Waals surface area contributed by atoms with E-state index in [4.69, 9.17) is 9.47 Å². The van der Waals surface area contributed by atoms with E-state index in [1.807, 2.05) is 40.1 Å². The second-order valence-corrected chi connectivity index (χ2v) is 8.89. The zero-order valence-corrected chi connectivity index (χ0v) is 20.2. The summed E-state index contributed by atoms with van der Waals surface area (Å²) in [7, 11) is 1.65. The molecule has 0 aromatic heterocycles. The number of piperidine rings is 1. The van der Waals surface area contributed by atoms with E-state index in [1.54, 1.807) is 7.11 Å². The van der Waals surface area contributed by atoms with Crippen molar-refractivity contribution in [3.8, 4) is 5.75 Å². The largest absolute Gasteiger partial charge is 0.493 e. The van der Waals surface area contributed by atoms with Gasteiger partial charge in [0.15, 0.2) is 0 Å². The zero-order chi connectivity index (χ0) is 24.2. The highest BCUT2D eigenvalue weighted by Crippen LogP contribution is 2.21. The molecule has 2 aliphatic heterocycles. The normalized spacial score (nSPS) is 19.0. The van der Waals surface area contributed by atoms with Gasteiger partial charge in [0.25, 0.3) is 0 Å². The maximum Gasteiger partial charge on any atom is 0.234 e. The van der Waals surface area contributed by atoms with Gasteiger partial charge >= 0.3 is 0 Å². The Morgan fingerprint density at radius 2 is 1.76 bits per heavy atom. The van der Waals surface area contributed by atoms with Crippen LogP contribution in [0.3, 0.4) is 0 Å². The van der Waals surface area contributed by atoms with E-state index in [9.17, 15) is 14.4 Å². The van der Waals surface area contributed by atoms with Crippen molar-refractivity contribution in [3.05, 3.63) is 30.3 Å². The van der Waals surface area contributed by atoms with Crippen LogP contribution in [0.5, 0.6) is 5.75 Å². The molecule has 1 atom stereocenters. The van der Waals surface area contributed by atoms with Crippen molar-refractivity contribution in [1.29, 1.82) is 0 Å². The van der Waals surface area contributed by atoms with Crippen LogP contribution >= 0.6 is 0 Å². The van der Waals surface area contributed by atoms with Gasteiger partial charge in [-0.25, -0.2) is 0 Å². The van der Waals surface area contributed by atoms with Crippen LogP contribution in [-0.4, -0.2) is 105 Å². The quantitative estimate of drug-likeness (QED) is 0.481. The second-order valence-electron chi connectivity index (χ2n) is 8.89. The molecule has 0 aliphatic carbocycles. The monoisotopic (exact) mass is 474 g/mol. The van der Waals surface area contributed by atoms with Crippen LogP contribution in [-0.2, 0) is 19.1 Å². The van der Waals surface area contributed by atoms with Crippen LogP contribution in [0.15, 0.2) is 30.3 Å². The SMILES string of the molecule is COCCCNC(=O)CN1CCN(C(=O)C2CCCN(C(=O)CCOc3ccccc3)C2)CC1. The third kappa shape index (κ3) is 8.29. The average Bonchev–Trinajstić information content (AvgIpc) is 2.87. The standard InChI is InChI=1S/C25H38N4O5/c1-33-17-6-11-26-23(30)20-27-13-15-28(16-14-27)25(32)21-7-5-12-29(19-21)24(31)10-18-34-22-8-3-2-4-9-22/h2-4,8-9,21H,5-7,10-20H2,1H3,(H,26,30). The molecular weight excluding hydrogens is 436 g/mol. The summed E-state index contributed by atoms with van der Waals surface area (Å²) < 4.78 is 10.6. The zero-order valence-electron chi connectivity index (χ0n) is 20.2. The molecule has 1 aromatic rings. The van der Waals surface area contributed by atoms with E-state index in [0.29, 0.717) is 72.0 Å². The van der Waals surface area contributed by atoms with Crippen LogP contribution in [0.1, 0.15) is 25.7 Å². The summed E-state index contributed by atoms with van der Waals surface area (Å²) in [4.78, 5) is 43.6. The summed E-state index contributed by atoms with van der Waals surface area (Å²) in [5.41, 5.74) is 0. The highest BCUT2D eigenvalue weighted by molar-refractivity contribution is 5.82. The van der Waals surface area contributed by atoms with Gasteiger partial charge in [0, 0.05) is 59.5 Å². The van der Waals surface area contributed by atoms with Crippen molar-refractivity contribution < 1.29 is 23.9 Å². The fourth-order valence-corrected chi connectivity index (χ4v) is 4.42. The van der Waals surface area contributed by atoms with Gasteiger partial charge in [-0.3, -0.25) is 19.3 Å². The molecule has 2 aliphatic rings. The smallest absolute Gasteiger partial charge is 0.234 e. The predicted molar refractivity (Wildman–Crippen MR) is 128 cm³/mol. The average molecular weight is 475 g/mol. The molecule has 0 radical (unpaired) electrons. The van der Waals surface area contributed by atoms with E-state index in [1.165, 1.54) is 0 Å². The molecule has 9 nitrogen and oxygen atoms in total. The minimum Gasteiger partial charge on any atom is -0.493 e. The van der Waals surface area contributed by atoms with E-state index in [0.717, 1.165) is 25.0 Å². The molecule has 0 saturated carbocycles. The molecule has 34 heavy (non-hydrogen) atoms. The lowest BCUT2D eigenvalue weighted by Gasteiger charge is -2.38. The van der Waals surface area contributed by atoms with E-state index >= 15 is 0 Å². The van der Waals surface area contributed by atoms with Crippen LogP contribution in [0, 0.1) is 5.92 Å². The Bertz CT molecular complexity index is 783. The first-order chi connectivity index (χ1) is 16.6. The molecule has 188 valence electrons. The van der Waals surface area contributed by atoms with Crippen molar-refractivity contribution >= 4 is 17.7 Å². The highest BCUT2D eigenvalue weighted by atomic mass is 16.5. The van der Waals surface area contributed by atoms with Gasteiger partial charge in [0.1, 0.15) is 5.75 Å². The summed E-state index contributed by atoms with van der Waals surface area (Å²) >= 11 is 0. The molecule has 2 heterocycles. The number of carbonyl (C=O) groups excluding carboxylic acids is 3. The summed E-state index contributed by atoms with van der Waals surface area (Å²) in [6, 6.07) is 9.46. The van der Waals surface area contributed by atoms with Crippen molar-refractivity contribution in [2.45, 2.75) is 25.7 Å². The highest BCUT2D eigenvalue weighted by Gasteiger charge is 2.32. The van der Waals surface area contributed by atoms with Gasteiger partial charge in [-0.1, -0.05) is 18.2 Å². The number of amides is 3. The third-order valence-corrected chi connectivity index (χ3v) is 6.35. The van der Waals surface area contributed by atoms with Crippen molar-refractivity contribution in [2.75, 3.05) is 72.7 Å². The van der Waals surface area contributed by atoms with Crippen LogP contribution in [0.25, 0.3) is 0 Å².